The van der Waals surface area contributed by atoms with Crippen molar-refractivity contribution in [1.82, 2.24) is 4.90 Å². The Hall–Kier alpha value is -1.89. The molecule has 0 aromatic heterocycles. The van der Waals surface area contributed by atoms with Gasteiger partial charge in [-0.1, -0.05) is 11.8 Å². The van der Waals surface area contributed by atoms with Crippen LogP contribution < -0.4 is 14.2 Å². The summed E-state index contributed by atoms with van der Waals surface area (Å²) >= 11 is 1.28. The fourth-order valence-corrected chi connectivity index (χ4v) is 3.49. The number of amides is 1. The number of rotatable bonds is 7. The van der Waals surface area contributed by atoms with Gasteiger partial charge in [0, 0.05) is 32.2 Å². The van der Waals surface area contributed by atoms with E-state index in [9.17, 15) is 9.59 Å². The Morgan fingerprint density at radius 2 is 1.83 bits per heavy atom. The second kappa shape index (κ2) is 8.28. The lowest BCUT2D eigenvalue weighted by Crippen LogP contribution is -2.25. The third-order valence-corrected chi connectivity index (χ3v) is 4.96. The summed E-state index contributed by atoms with van der Waals surface area (Å²) in [6.07, 6.45) is 0.491. The van der Waals surface area contributed by atoms with Gasteiger partial charge < -0.3 is 19.1 Å². The number of ether oxygens (including phenoxy) is 3. The highest BCUT2D eigenvalue weighted by atomic mass is 32.2. The molecule has 1 saturated heterocycles. The molecule has 1 aliphatic heterocycles. The summed E-state index contributed by atoms with van der Waals surface area (Å²) in [7, 11) is 4.69. The molecule has 1 unspecified atom stereocenters. The number of nitrogens with zero attached hydrogens (tertiary/aromatic N) is 1. The predicted octanol–water partition coefficient (Wildman–Crippen LogP) is 2.34. The van der Waals surface area contributed by atoms with Crippen molar-refractivity contribution in [3.63, 3.8) is 0 Å². The molecule has 0 N–H and O–H groups in total. The summed E-state index contributed by atoms with van der Waals surface area (Å²) in [4.78, 5) is 25.1. The third kappa shape index (κ3) is 4.35. The minimum absolute atomic E-state index is 0.0885. The van der Waals surface area contributed by atoms with E-state index in [1.165, 1.54) is 11.8 Å². The first-order valence-electron chi connectivity index (χ1n) is 7.68. The Morgan fingerprint density at radius 1 is 1.21 bits per heavy atom. The minimum atomic E-state index is 0.0885. The summed E-state index contributed by atoms with van der Waals surface area (Å²) in [5.41, 5.74) is 0.915. The number of likely N-dealkylation sites (tertiary alicyclic amines) is 1. The zero-order valence-corrected chi connectivity index (χ0v) is 15.3. The molecule has 0 radical (unpaired) electrons. The topological polar surface area (TPSA) is 65.1 Å². The highest BCUT2D eigenvalue weighted by Crippen LogP contribution is 2.38. The fourth-order valence-electron chi connectivity index (χ4n) is 2.80. The molecule has 0 saturated carbocycles. The lowest BCUT2D eigenvalue weighted by atomic mass is 10.1. The maximum Gasteiger partial charge on any atom is 0.223 e. The molecule has 1 aromatic rings. The van der Waals surface area contributed by atoms with Crippen LogP contribution in [0.4, 0.5) is 0 Å². The molecule has 1 atom stereocenters. The second-order valence-electron chi connectivity index (χ2n) is 5.68. The van der Waals surface area contributed by atoms with E-state index in [2.05, 4.69) is 0 Å². The van der Waals surface area contributed by atoms with Gasteiger partial charge >= 0.3 is 0 Å². The van der Waals surface area contributed by atoms with E-state index in [-0.39, 0.29) is 16.9 Å². The average Bonchev–Trinajstić information content (AvgIpc) is 2.91. The van der Waals surface area contributed by atoms with Crippen LogP contribution in [-0.2, 0) is 16.1 Å². The summed E-state index contributed by atoms with van der Waals surface area (Å²) in [6.45, 7) is 2.70. The number of benzene rings is 1. The van der Waals surface area contributed by atoms with Crippen molar-refractivity contribution in [3.8, 4) is 17.2 Å². The molecule has 1 amide bonds. The lowest BCUT2D eigenvalue weighted by molar-refractivity contribution is -0.128. The molecule has 6 nitrogen and oxygen atoms in total. The monoisotopic (exact) mass is 353 g/mol. The molecule has 1 aliphatic rings. The normalized spacial score (nSPS) is 17.1. The standard InChI is InChI=1S/C17H23NO5S/c1-11(19)24-10-13-7-16(20)18(9-13)8-12-5-14(21-2)17(23-4)15(6-12)22-3/h5-6,13H,7-10H2,1-4H3. The zero-order valence-electron chi connectivity index (χ0n) is 14.5. The Kier molecular flexibility index (Phi) is 6.36. The predicted molar refractivity (Wildman–Crippen MR) is 92.8 cm³/mol. The van der Waals surface area contributed by atoms with Gasteiger partial charge in [-0.15, -0.1) is 0 Å². The minimum Gasteiger partial charge on any atom is -0.493 e. The number of carbonyl (C=O) groups excluding carboxylic acids is 2. The van der Waals surface area contributed by atoms with Crippen LogP contribution in [-0.4, -0.2) is 49.5 Å². The number of carbonyl (C=O) groups is 2. The molecule has 132 valence electrons. The van der Waals surface area contributed by atoms with Crippen LogP contribution in [0.15, 0.2) is 12.1 Å². The number of methoxy groups -OCH3 is 3. The van der Waals surface area contributed by atoms with Crippen molar-refractivity contribution in [2.75, 3.05) is 33.6 Å². The highest BCUT2D eigenvalue weighted by Gasteiger charge is 2.30. The fraction of sp³-hybridized carbons (Fsp3) is 0.529. The van der Waals surface area contributed by atoms with E-state index < -0.39 is 0 Å². The average molecular weight is 353 g/mol. The van der Waals surface area contributed by atoms with Crippen molar-refractivity contribution in [1.29, 1.82) is 0 Å². The van der Waals surface area contributed by atoms with E-state index >= 15 is 0 Å². The smallest absolute Gasteiger partial charge is 0.223 e. The summed E-state index contributed by atoms with van der Waals surface area (Å²) in [5, 5.41) is 0.0885. The van der Waals surface area contributed by atoms with E-state index in [4.69, 9.17) is 14.2 Å². The molecule has 0 bridgehead atoms. The van der Waals surface area contributed by atoms with Gasteiger partial charge in [0.15, 0.2) is 16.6 Å². The van der Waals surface area contributed by atoms with Gasteiger partial charge in [-0.3, -0.25) is 9.59 Å². The van der Waals surface area contributed by atoms with Crippen LogP contribution in [0.2, 0.25) is 0 Å². The number of hydrogen-bond acceptors (Lipinski definition) is 6. The van der Waals surface area contributed by atoms with Gasteiger partial charge in [0.05, 0.1) is 21.3 Å². The number of hydrogen-bond donors (Lipinski definition) is 0. The van der Waals surface area contributed by atoms with Crippen LogP contribution in [0.25, 0.3) is 0 Å². The Bertz CT molecular complexity index is 594. The molecule has 24 heavy (non-hydrogen) atoms. The first-order chi connectivity index (χ1) is 11.5. The zero-order chi connectivity index (χ0) is 17.7. The van der Waals surface area contributed by atoms with Crippen LogP contribution in [0, 0.1) is 5.92 Å². The first kappa shape index (κ1) is 18.4. The molecule has 1 fully saturated rings. The summed E-state index contributed by atoms with van der Waals surface area (Å²) < 4.78 is 16.0. The number of thioether (sulfide) groups is 1. The second-order valence-corrected chi connectivity index (χ2v) is 6.88. The third-order valence-electron chi connectivity index (χ3n) is 3.91. The molecule has 1 aromatic carbocycles. The molecule has 2 rings (SSSR count). The van der Waals surface area contributed by atoms with Crippen LogP contribution >= 0.6 is 11.8 Å². The Balaban J connectivity index is 2.10. The maximum absolute atomic E-state index is 12.2. The highest BCUT2D eigenvalue weighted by molar-refractivity contribution is 8.13. The van der Waals surface area contributed by atoms with Crippen molar-refractivity contribution >= 4 is 22.8 Å². The van der Waals surface area contributed by atoms with Crippen LogP contribution in [0.3, 0.4) is 0 Å². The van der Waals surface area contributed by atoms with Crippen molar-refractivity contribution in [2.45, 2.75) is 19.9 Å². The van der Waals surface area contributed by atoms with Crippen LogP contribution in [0.5, 0.6) is 17.2 Å². The van der Waals surface area contributed by atoms with Gasteiger partial charge in [0.25, 0.3) is 0 Å². The molecule has 0 aliphatic carbocycles. The quantitative estimate of drug-likeness (QED) is 0.750. The first-order valence-corrected chi connectivity index (χ1v) is 8.67. The summed E-state index contributed by atoms with van der Waals surface area (Å²) in [5.74, 6) is 2.69. The maximum atomic E-state index is 12.2. The molecule has 7 heteroatoms. The molecule has 1 heterocycles. The van der Waals surface area contributed by atoms with E-state index in [1.54, 1.807) is 28.3 Å². The van der Waals surface area contributed by atoms with E-state index in [0.717, 1.165) is 5.56 Å². The van der Waals surface area contributed by atoms with Gasteiger partial charge in [-0.25, -0.2) is 0 Å². The summed E-state index contributed by atoms with van der Waals surface area (Å²) in [6, 6.07) is 3.71. The van der Waals surface area contributed by atoms with Crippen molar-refractivity contribution in [2.24, 2.45) is 5.92 Å². The lowest BCUT2D eigenvalue weighted by Gasteiger charge is -2.19. The molecular weight excluding hydrogens is 330 g/mol. The van der Waals surface area contributed by atoms with Gasteiger partial charge in [-0.05, 0) is 23.6 Å². The Morgan fingerprint density at radius 3 is 2.33 bits per heavy atom. The molecular formula is C17H23NO5S. The molecule has 0 spiro atoms. The van der Waals surface area contributed by atoms with Crippen LogP contribution in [0.1, 0.15) is 18.9 Å². The van der Waals surface area contributed by atoms with Gasteiger partial charge in [-0.2, -0.15) is 0 Å². The SMILES string of the molecule is COc1cc(CN2CC(CSC(C)=O)CC2=O)cc(OC)c1OC. The van der Waals surface area contributed by atoms with E-state index in [1.807, 2.05) is 17.0 Å². The largest absolute Gasteiger partial charge is 0.493 e. The van der Waals surface area contributed by atoms with E-state index in [0.29, 0.717) is 42.5 Å². The van der Waals surface area contributed by atoms with Crippen molar-refractivity contribution < 1.29 is 23.8 Å². The van der Waals surface area contributed by atoms with Gasteiger partial charge in [0.1, 0.15) is 0 Å². The van der Waals surface area contributed by atoms with Crippen molar-refractivity contribution in [3.05, 3.63) is 17.7 Å². The van der Waals surface area contributed by atoms with Gasteiger partial charge in [0.2, 0.25) is 11.7 Å². The Labute approximate surface area is 146 Å².